The first-order valence-electron chi connectivity index (χ1n) is 6.36. The van der Waals surface area contributed by atoms with Gasteiger partial charge in [-0.2, -0.15) is 0 Å². The Bertz CT molecular complexity index is 490. The first-order valence-corrected chi connectivity index (χ1v) is 6.36. The van der Waals surface area contributed by atoms with E-state index < -0.39 is 5.97 Å². The smallest absolute Gasteiger partial charge is 0.354 e. The molecule has 1 aromatic heterocycles. The molecule has 1 fully saturated rings. The SMILES string of the molecule is CC(=O)N1CCCC(Cc2cc(C(=O)O)ncn2)C1. The third-order valence-electron chi connectivity index (χ3n) is 3.40. The molecule has 1 amide bonds. The molecule has 0 aliphatic carbocycles. The van der Waals surface area contributed by atoms with E-state index in [1.54, 1.807) is 6.92 Å². The van der Waals surface area contributed by atoms with Gasteiger partial charge in [-0.05, 0) is 31.2 Å². The lowest BCUT2D eigenvalue weighted by molar-refractivity contribution is -0.130. The highest BCUT2D eigenvalue weighted by atomic mass is 16.4. The normalized spacial score (nSPS) is 19.2. The maximum Gasteiger partial charge on any atom is 0.354 e. The number of hydrogen-bond donors (Lipinski definition) is 1. The van der Waals surface area contributed by atoms with Gasteiger partial charge in [-0.3, -0.25) is 4.79 Å². The van der Waals surface area contributed by atoms with Crippen LogP contribution in [-0.4, -0.2) is 44.9 Å². The zero-order valence-corrected chi connectivity index (χ0v) is 10.9. The molecule has 102 valence electrons. The van der Waals surface area contributed by atoms with Gasteiger partial charge in [0, 0.05) is 25.7 Å². The van der Waals surface area contributed by atoms with E-state index in [9.17, 15) is 9.59 Å². The molecule has 0 aromatic carbocycles. The quantitative estimate of drug-likeness (QED) is 0.878. The van der Waals surface area contributed by atoms with Crippen LogP contribution >= 0.6 is 0 Å². The van der Waals surface area contributed by atoms with Gasteiger partial charge in [0.05, 0.1) is 0 Å². The van der Waals surface area contributed by atoms with Crippen LogP contribution in [0.4, 0.5) is 0 Å². The summed E-state index contributed by atoms with van der Waals surface area (Å²) in [5, 5.41) is 8.89. The van der Waals surface area contributed by atoms with Crippen molar-refractivity contribution in [2.75, 3.05) is 13.1 Å². The van der Waals surface area contributed by atoms with Crippen molar-refractivity contribution >= 4 is 11.9 Å². The van der Waals surface area contributed by atoms with E-state index in [0.29, 0.717) is 12.3 Å². The second kappa shape index (κ2) is 5.77. The summed E-state index contributed by atoms with van der Waals surface area (Å²) in [6.45, 7) is 3.12. The van der Waals surface area contributed by atoms with Crippen molar-refractivity contribution in [3.63, 3.8) is 0 Å². The fraction of sp³-hybridized carbons (Fsp3) is 0.538. The number of amides is 1. The summed E-state index contributed by atoms with van der Waals surface area (Å²) in [7, 11) is 0. The second-order valence-electron chi connectivity index (χ2n) is 4.88. The molecular weight excluding hydrogens is 246 g/mol. The Morgan fingerprint density at radius 3 is 2.95 bits per heavy atom. The Labute approximate surface area is 111 Å². The van der Waals surface area contributed by atoms with Crippen molar-refractivity contribution in [2.45, 2.75) is 26.2 Å². The Morgan fingerprint density at radius 2 is 2.26 bits per heavy atom. The fourth-order valence-electron chi connectivity index (χ4n) is 2.44. The molecule has 1 N–H and O–H groups in total. The van der Waals surface area contributed by atoms with E-state index in [1.165, 1.54) is 12.4 Å². The summed E-state index contributed by atoms with van der Waals surface area (Å²) >= 11 is 0. The molecular formula is C13H17N3O3. The minimum atomic E-state index is -1.04. The number of likely N-dealkylation sites (tertiary alicyclic amines) is 1. The van der Waals surface area contributed by atoms with Crippen molar-refractivity contribution in [3.05, 3.63) is 23.8 Å². The van der Waals surface area contributed by atoms with Crippen LogP contribution < -0.4 is 0 Å². The highest BCUT2D eigenvalue weighted by Gasteiger charge is 2.22. The molecule has 1 unspecified atom stereocenters. The molecule has 6 heteroatoms. The van der Waals surface area contributed by atoms with Crippen LogP contribution in [0.3, 0.4) is 0 Å². The Kier molecular flexibility index (Phi) is 4.09. The molecule has 0 bridgehead atoms. The Balaban J connectivity index is 2.02. The van der Waals surface area contributed by atoms with E-state index in [-0.39, 0.29) is 11.6 Å². The standard InChI is InChI=1S/C13H17N3O3/c1-9(17)16-4-2-3-10(7-16)5-11-6-12(13(18)19)15-8-14-11/h6,8,10H,2-5,7H2,1H3,(H,18,19). The molecule has 0 spiro atoms. The molecule has 1 aromatic rings. The number of hydrogen-bond acceptors (Lipinski definition) is 4. The van der Waals surface area contributed by atoms with Crippen LogP contribution in [-0.2, 0) is 11.2 Å². The summed E-state index contributed by atoms with van der Waals surface area (Å²) in [5.74, 6) is -0.606. The Hall–Kier alpha value is -1.98. The number of rotatable bonds is 3. The van der Waals surface area contributed by atoms with Crippen molar-refractivity contribution in [1.82, 2.24) is 14.9 Å². The van der Waals surface area contributed by atoms with Crippen LogP contribution in [0.2, 0.25) is 0 Å². The van der Waals surface area contributed by atoms with Gasteiger partial charge in [0.25, 0.3) is 0 Å². The number of carboxylic acid groups (broad SMARTS) is 1. The number of piperidine rings is 1. The predicted octanol–water partition coefficient (Wildman–Crippen LogP) is 0.976. The number of carbonyl (C=O) groups excluding carboxylic acids is 1. The van der Waals surface area contributed by atoms with Crippen LogP contribution in [0.15, 0.2) is 12.4 Å². The molecule has 1 saturated heterocycles. The van der Waals surface area contributed by atoms with Crippen LogP contribution in [0.25, 0.3) is 0 Å². The largest absolute Gasteiger partial charge is 0.477 e. The van der Waals surface area contributed by atoms with Crippen LogP contribution in [0, 0.1) is 5.92 Å². The maximum absolute atomic E-state index is 11.4. The van der Waals surface area contributed by atoms with E-state index in [1.807, 2.05) is 4.90 Å². The zero-order valence-electron chi connectivity index (χ0n) is 10.9. The molecule has 0 radical (unpaired) electrons. The third-order valence-corrected chi connectivity index (χ3v) is 3.40. The molecule has 2 heterocycles. The summed E-state index contributed by atoms with van der Waals surface area (Å²) < 4.78 is 0. The highest BCUT2D eigenvalue weighted by Crippen LogP contribution is 2.20. The van der Waals surface area contributed by atoms with Crippen molar-refractivity contribution in [2.24, 2.45) is 5.92 Å². The number of carboxylic acids is 1. The summed E-state index contributed by atoms with van der Waals surface area (Å²) in [6.07, 6.45) is 3.99. The van der Waals surface area contributed by atoms with Gasteiger partial charge < -0.3 is 10.0 Å². The average Bonchev–Trinajstić information content (AvgIpc) is 2.39. The van der Waals surface area contributed by atoms with E-state index in [0.717, 1.165) is 31.6 Å². The highest BCUT2D eigenvalue weighted by molar-refractivity contribution is 5.85. The lowest BCUT2D eigenvalue weighted by Crippen LogP contribution is -2.39. The average molecular weight is 263 g/mol. The van der Waals surface area contributed by atoms with E-state index in [2.05, 4.69) is 9.97 Å². The van der Waals surface area contributed by atoms with Gasteiger partial charge in [-0.1, -0.05) is 0 Å². The minimum Gasteiger partial charge on any atom is -0.477 e. The monoisotopic (exact) mass is 263 g/mol. The van der Waals surface area contributed by atoms with Crippen molar-refractivity contribution < 1.29 is 14.7 Å². The summed E-state index contributed by atoms with van der Waals surface area (Å²) in [5.41, 5.74) is 0.743. The Morgan fingerprint density at radius 1 is 1.47 bits per heavy atom. The number of carbonyl (C=O) groups is 2. The number of aromatic carboxylic acids is 1. The topological polar surface area (TPSA) is 83.4 Å². The number of nitrogens with zero attached hydrogens (tertiary/aromatic N) is 3. The van der Waals surface area contributed by atoms with Crippen molar-refractivity contribution in [3.8, 4) is 0 Å². The van der Waals surface area contributed by atoms with Crippen LogP contribution in [0.1, 0.15) is 35.9 Å². The maximum atomic E-state index is 11.4. The minimum absolute atomic E-state index is 0.0178. The number of aromatic nitrogens is 2. The van der Waals surface area contributed by atoms with E-state index >= 15 is 0 Å². The summed E-state index contributed by atoms with van der Waals surface area (Å²) in [6, 6.07) is 1.51. The fourth-order valence-corrected chi connectivity index (χ4v) is 2.44. The van der Waals surface area contributed by atoms with Gasteiger partial charge in [0.2, 0.25) is 5.91 Å². The van der Waals surface area contributed by atoms with Crippen molar-refractivity contribution in [1.29, 1.82) is 0 Å². The van der Waals surface area contributed by atoms with Gasteiger partial charge in [-0.15, -0.1) is 0 Å². The zero-order chi connectivity index (χ0) is 13.8. The van der Waals surface area contributed by atoms with Gasteiger partial charge in [-0.25, -0.2) is 14.8 Å². The van der Waals surface area contributed by atoms with Gasteiger partial charge in [0.15, 0.2) is 5.69 Å². The van der Waals surface area contributed by atoms with Crippen LogP contribution in [0.5, 0.6) is 0 Å². The first kappa shape index (κ1) is 13.5. The third kappa shape index (κ3) is 3.49. The predicted molar refractivity (Wildman–Crippen MR) is 67.7 cm³/mol. The lowest BCUT2D eigenvalue weighted by Gasteiger charge is -2.31. The molecule has 6 nitrogen and oxygen atoms in total. The van der Waals surface area contributed by atoms with Gasteiger partial charge in [0.1, 0.15) is 6.33 Å². The van der Waals surface area contributed by atoms with Gasteiger partial charge >= 0.3 is 5.97 Å². The second-order valence-corrected chi connectivity index (χ2v) is 4.88. The summed E-state index contributed by atoms with van der Waals surface area (Å²) in [4.78, 5) is 31.9. The lowest BCUT2D eigenvalue weighted by atomic mass is 9.93. The molecule has 1 aliphatic rings. The molecule has 19 heavy (non-hydrogen) atoms. The molecule has 0 saturated carbocycles. The molecule has 1 aliphatic heterocycles. The molecule has 2 rings (SSSR count). The van der Waals surface area contributed by atoms with E-state index in [4.69, 9.17) is 5.11 Å². The molecule has 1 atom stereocenters. The first-order chi connectivity index (χ1) is 9.06.